The molecule has 2 aliphatic rings. The third kappa shape index (κ3) is 3.26. The fourth-order valence-corrected chi connectivity index (χ4v) is 2.94. The van der Waals surface area contributed by atoms with Gasteiger partial charge in [0.2, 0.25) is 11.8 Å². The van der Waals surface area contributed by atoms with E-state index in [2.05, 4.69) is 17.3 Å². The lowest BCUT2D eigenvalue weighted by atomic mass is 9.99. The normalized spacial score (nSPS) is 27.6. The van der Waals surface area contributed by atoms with E-state index >= 15 is 0 Å². The SMILES string of the molecule is CC(C)C1NC(=O)CCN(C2CCN(C)CC2)C1=O. The largest absolute Gasteiger partial charge is 0.344 e. The molecule has 2 heterocycles. The van der Waals surface area contributed by atoms with Gasteiger partial charge in [-0.15, -0.1) is 0 Å². The lowest BCUT2D eigenvalue weighted by molar-refractivity contribution is -0.137. The van der Waals surface area contributed by atoms with Gasteiger partial charge >= 0.3 is 0 Å². The summed E-state index contributed by atoms with van der Waals surface area (Å²) in [6, 6.07) is -0.0488. The zero-order valence-electron chi connectivity index (χ0n) is 12.2. The van der Waals surface area contributed by atoms with Crippen molar-refractivity contribution in [2.75, 3.05) is 26.7 Å². The predicted octanol–water partition coefficient (Wildman–Crippen LogP) is 0.454. The monoisotopic (exact) mass is 267 g/mol. The van der Waals surface area contributed by atoms with Gasteiger partial charge in [0.1, 0.15) is 6.04 Å². The highest BCUT2D eigenvalue weighted by molar-refractivity contribution is 5.90. The van der Waals surface area contributed by atoms with E-state index in [0.717, 1.165) is 25.9 Å². The van der Waals surface area contributed by atoms with Crippen LogP contribution in [-0.2, 0) is 9.59 Å². The summed E-state index contributed by atoms with van der Waals surface area (Å²) >= 11 is 0. The van der Waals surface area contributed by atoms with Crippen LogP contribution in [0.25, 0.3) is 0 Å². The Morgan fingerprint density at radius 1 is 1.16 bits per heavy atom. The number of likely N-dealkylation sites (tertiary alicyclic amines) is 1. The summed E-state index contributed by atoms with van der Waals surface area (Å²) in [5.41, 5.74) is 0. The lowest BCUT2D eigenvalue weighted by Gasteiger charge is -2.38. The van der Waals surface area contributed by atoms with Gasteiger partial charge < -0.3 is 15.1 Å². The lowest BCUT2D eigenvalue weighted by Crippen LogP contribution is -2.52. The molecule has 1 N–H and O–H groups in total. The second-order valence-electron chi connectivity index (χ2n) is 6.11. The highest BCUT2D eigenvalue weighted by atomic mass is 16.2. The van der Waals surface area contributed by atoms with Gasteiger partial charge in [0, 0.05) is 19.0 Å². The van der Waals surface area contributed by atoms with Crippen LogP contribution in [0.2, 0.25) is 0 Å². The van der Waals surface area contributed by atoms with Gasteiger partial charge in [-0.2, -0.15) is 0 Å². The summed E-state index contributed by atoms with van der Waals surface area (Å²) in [4.78, 5) is 28.6. The Hall–Kier alpha value is -1.10. The molecule has 0 spiro atoms. The summed E-state index contributed by atoms with van der Waals surface area (Å²) in [6.45, 7) is 6.61. The van der Waals surface area contributed by atoms with Crippen LogP contribution in [-0.4, -0.2) is 60.4 Å². The Morgan fingerprint density at radius 3 is 2.37 bits per heavy atom. The molecule has 0 aromatic carbocycles. The first-order valence-electron chi connectivity index (χ1n) is 7.27. The Bertz CT molecular complexity index is 349. The van der Waals surface area contributed by atoms with Crippen molar-refractivity contribution < 1.29 is 9.59 Å². The van der Waals surface area contributed by atoms with Crippen molar-refractivity contribution in [3.8, 4) is 0 Å². The maximum absolute atomic E-state index is 12.6. The van der Waals surface area contributed by atoms with E-state index in [0.29, 0.717) is 19.0 Å². The number of nitrogens with one attached hydrogen (secondary N) is 1. The van der Waals surface area contributed by atoms with Gasteiger partial charge in [-0.05, 0) is 38.9 Å². The van der Waals surface area contributed by atoms with E-state index in [4.69, 9.17) is 0 Å². The summed E-state index contributed by atoms with van der Waals surface area (Å²) < 4.78 is 0. The first-order valence-corrected chi connectivity index (χ1v) is 7.27. The number of nitrogens with zero attached hydrogens (tertiary/aromatic N) is 2. The number of amides is 2. The Labute approximate surface area is 115 Å². The molecule has 5 nitrogen and oxygen atoms in total. The van der Waals surface area contributed by atoms with E-state index in [-0.39, 0.29) is 23.8 Å². The van der Waals surface area contributed by atoms with Crippen LogP contribution in [0.1, 0.15) is 33.1 Å². The van der Waals surface area contributed by atoms with Crippen molar-refractivity contribution in [3.05, 3.63) is 0 Å². The number of rotatable bonds is 2. The quantitative estimate of drug-likeness (QED) is 0.790. The van der Waals surface area contributed by atoms with Gasteiger partial charge in [-0.3, -0.25) is 9.59 Å². The summed E-state index contributed by atoms with van der Waals surface area (Å²) in [6.07, 6.45) is 2.46. The highest BCUT2D eigenvalue weighted by Crippen LogP contribution is 2.20. The van der Waals surface area contributed by atoms with E-state index < -0.39 is 0 Å². The fourth-order valence-electron chi connectivity index (χ4n) is 2.94. The minimum atomic E-state index is -0.352. The highest BCUT2D eigenvalue weighted by Gasteiger charge is 2.36. The summed E-state index contributed by atoms with van der Waals surface area (Å²) in [7, 11) is 2.11. The first-order chi connectivity index (χ1) is 8.99. The number of hydrogen-bond acceptors (Lipinski definition) is 3. The molecule has 5 heteroatoms. The van der Waals surface area contributed by atoms with Crippen molar-refractivity contribution in [2.24, 2.45) is 5.92 Å². The van der Waals surface area contributed by atoms with Gasteiger partial charge in [0.15, 0.2) is 0 Å². The van der Waals surface area contributed by atoms with Gasteiger partial charge in [0.25, 0.3) is 0 Å². The van der Waals surface area contributed by atoms with E-state index in [1.807, 2.05) is 18.7 Å². The molecule has 108 valence electrons. The fraction of sp³-hybridized carbons (Fsp3) is 0.857. The van der Waals surface area contributed by atoms with Crippen LogP contribution in [0.15, 0.2) is 0 Å². The zero-order chi connectivity index (χ0) is 14.0. The molecule has 2 aliphatic heterocycles. The van der Waals surface area contributed by atoms with Gasteiger partial charge in [-0.25, -0.2) is 0 Å². The molecule has 1 unspecified atom stereocenters. The molecule has 0 radical (unpaired) electrons. The molecule has 2 fully saturated rings. The smallest absolute Gasteiger partial charge is 0.245 e. The number of carbonyl (C=O) groups is 2. The van der Waals surface area contributed by atoms with Crippen molar-refractivity contribution in [1.82, 2.24) is 15.1 Å². The third-order valence-corrected chi connectivity index (χ3v) is 4.24. The predicted molar refractivity (Wildman–Crippen MR) is 73.6 cm³/mol. The Balaban J connectivity index is 2.10. The number of piperidine rings is 1. The third-order valence-electron chi connectivity index (χ3n) is 4.24. The molecule has 0 saturated carbocycles. The van der Waals surface area contributed by atoms with Gasteiger partial charge in [-0.1, -0.05) is 13.8 Å². The van der Waals surface area contributed by atoms with Crippen molar-refractivity contribution >= 4 is 11.8 Å². The molecule has 19 heavy (non-hydrogen) atoms. The van der Waals surface area contributed by atoms with Crippen LogP contribution in [0.4, 0.5) is 0 Å². The van der Waals surface area contributed by atoms with Crippen LogP contribution < -0.4 is 5.32 Å². The van der Waals surface area contributed by atoms with Crippen molar-refractivity contribution in [3.63, 3.8) is 0 Å². The van der Waals surface area contributed by atoms with Crippen LogP contribution in [0.3, 0.4) is 0 Å². The Kier molecular flexibility index (Phi) is 4.45. The topological polar surface area (TPSA) is 52.7 Å². The Morgan fingerprint density at radius 2 is 1.79 bits per heavy atom. The molecule has 0 aromatic heterocycles. The standard InChI is InChI=1S/C14H25N3O2/c1-10(2)13-14(19)17(9-6-12(18)15-13)11-4-7-16(3)8-5-11/h10-11,13H,4-9H2,1-3H3,(H,15,18). The van der Waals surface area contributed by atoms with E-state index in [9.17, 15) is 9.59 Å². The summed E-state index contributed by atoms with van der Waals surface area (Å²) in [5.74, 6) is 0.251. The first kappa shape index (κ1) is 14.3. The number of hydrogen-bond donors (Lipinski definition) is 1. The molecule has 2 amide bonds. The zero-order valence-corrected chi connectivity index (χ0v) is 12.2. The molecule has 0 aliphatic carbocycles. The number of carbonyl (C=O) groups excluding carboxylic acids is 2. The van der Waals surface area contributed by atoms with E-state index in [1.165, 1.54) is 0 Å². The van der Waals surface area contributed by atoms with Crippen molar-refractivity contribution in [1.29, 1.82) is 0 Å². The molecule has 1 atom stereocenters. The van der Waals surface area contributed by atoms with Crippen LogP contribution in [0, 0.1) is 5.92 Å². The summed E-state index contributed by atoms with van der Waals surface area (Å²) in [5, 5.41) is 2.87. The maximum atomic E-state index is 12.6. The maximum Gasteiger partial charge on any atom is 0.245 e. The molecular weight excluding hydrogens is 242 g/mol. The second-order valence-corrected chi connectivity index (χ2v) is 6.11. The average Bonchev–Trinajstić information content (AvgIpc) is 2.51. The molecule has 0 aromatic rings. The minimum Gasteiger partial charge on any atom is -0.344 e. The molecule has 2 saturated heterocycles. The van der Waals surface area contributed by atoms with Gasteiger partial charge in [0.05, 0.1) is 0 Å². The van der Waals surface area contributed by atoms with Crippen LogP contribution in [0.5, 0.6) is 0 Å². The minimum absolute atomic E-state index is 0.00229. The van der Waals surface area contributed by atoms with Crippen molar-refractivity contribution in [2.45, 2.75) is 45.2 Å². The molecule has 0 bridgehead atoms. The van der Waals surface area contributed by atoms with Crippen LogP contribution >= 0.6 is 0 Å². The molecule has 2 rings (SSSR count). The second kappa shape index (κ2) is 5.90. The molecular formula is C14H25N3O2. The average molecular weight is 267 g/mol. The van der Waals surface area contributed by atoms with E-state index in [1.54, 1.807) is 0 Å².